The Balaban J connectivity index is 1.59. The van der Waals surface area contributed by atoms with Gasteiger partial charge in [0.2, 0.25) is 5.70 Å². The average Bonchev–Trinajstić information content (AvgIpc) is 3.20. The topological polar surface area (TPSA) is 6.25 Å². The lowest BCUT2D eigenvalue weighted by Gasteiger charge is -2.27. The summed E-state index contributed by atoms with van der Waals surface area (Å²) in [6.45, 7) is 16.3. The number of rotatable bonds is 9. The molecule has 2 nitrogen and oxygen atoms in total. The van der Waals surface area contributed by atoms with Crippen molar-refractivity contribution in [2.24, 2.45) is 5.41 Å². The summed E-state index contributed by atoms with van der Waals surface area (Å²) >= 11 is 0. The van der Waals surface area contributed by atoms with Crippen molar-refractivity contribution in [1.82, 2.24) is 0 Å². The highest BCUT2D eigenvalue weighted by Crippen LogP contribution is 2.47. The van der Waals surface area contributed by atoms with Gasteiger partial charge in [-0.1, -0.05) is 83.0 Å². The molecule has 1 aromatic carbocycles. The Bertz CT molecular complexity index is 1120. The normalized spacial score (nSPS) is 21.8. The average molecular weight is 470 g/mol. The van der Waals surface area contributed by atoms with E-state index in [-0.39, 0.29) is 10.8 Å². The first kappa shape index (κ1) is 25.5. The predicted octanol–water partition coefficient (Wildman–Crippen LogP) is 8.48. The van der Waals surface area contributed by atoms with Crippen LogP contribution in [0.25, 0.3) is 0 Å². The maximum absolute atomic E-state index is 2.58. The Labute approximate surface area is 214 Å². The smallest absolute Gasteiger partial charge is 0.205 e. The van der Waals surface area contributed by atoms with E-state index in [2.05, 4.69) is 118 Å². The van der Waals surface area contributed by atoms with Crippen molar-refractivity contribution in [2.75, 3.05) is 18.0 Å². The number of unbranched alkanes of at least 4 members (excludes halogenated alkanes) is 2. The van der Waals surface area contributed by atoms with Crippen molar-refractivity contribution in [3.05, 3.63) is 89.3 Å². The zero-order valence-electron chi connectivity index (χ0n) is 22.9. The maximum Gasteiger partial charge on any atom is 0.205 e. The zero-order chi connectivity index (χ0) is 25.1. The minimum atomic E-state index is 0.0207. The molecule has 0 N–H and O–H groups in total. The number of anilines is 1. The van der Waals surface area contributed by atoms with Crippen LogP contribution in [0.2, 0.25) is 0 Å². The molecular formula is C33H45N2+. The van der Waals surface area contributed by atoms with Gasteiger partial charge in [0.15, 0.2) is 5.71 Å². The van der Waals surface area contributed by atoms with Gasteiger partial charge in [0.25, 0.3) is 0 Å². The summed E-state index contributed by atoms with van der Waals surface area (Å²) in [6, 6.07) is 8.92. The van der Waals surface area contributed by atoms with E-state index < -0.39 is 0 Å². The Kier molecular flexibility index (Phi) is 7.69. The highest BCUT2D eigenvalue weighted by atomic mass is 15.2. The van der Waals surface area contributed by atoms with E-state index >= 15 is 0 Å². The van der Waals surface area contributed by atoms with Crippen LogP contribution in [-0.4, -0.2) is 23.4 Å². The molecule has 1 aliphatic carbocycles. The summed E-state index contributed by atoms with van der Waals surface area (Å²) in [6.07, 6.45) is 23.3. The molecule has 0 saturated carbocycles. The molecule has 4 rings (SSSR count). The maximum atomic E-state index is 2.58. The Hall–Kier alpha value is -2.61. The summed E-state index contributed by atoms with van der Waals surface area (Å²) in [4.78, 5) is 2.54. The van der Waals surface area contributed by atoms with Crippen molar-refractivity contribution >= 4 is 11.4 Å². The first-order valence-electron chi connectivity index (χ1n) is 13.8. The summed E-state index contributed by atoms with van der Waals surface area (Å²) in [5.74, 6) is 0. The second kappa shape index (κ2) is 10.6. The summed E-state index contributed by atoms with van der Waals surface area (Å²) in [5.41, 5.74) is 8.84. The molecule has 0 bridgehead atoms. The molecule has 0 unspecified atom stereocenters. The lowest BCUT2D eigenvalue weighted by Crippen LogP contribution is -2.27. The number of para-hydroxylation sites is 1. The SMILES string of the molecule is CCCCN1/C(=C/C=C/C=C/C2=[N+](CCCC)C3=C(CCC=C3)C2(C)C)C(C)(C)c2ccccc21. The van der Waals surface area contributed by atoms with Crippen LogP contribution in [0.5, 0.6) is 0 Å². The summed E-state index contributed by atoms with van der Waals surface area (Å²) in [7, 11) is 0. The van der Waals surface area contributed by atoms with E-state index in [9.17, 15) is 0 Å². The van der Waals surface area contributed by atoms with Crippen LogP contribution in [-0.2, 0) is 5.41 Å². The van der Waals surface area contributed by atoms with Crippen LogP contribution in [0.1, 0.15) is 85.6 Å². The first-order chi connectivity index (χ1) is 16.8. The van der Waals surface area contributed by atoms with Crippen molar-refractivity contribution in [3.63, 3.8) is 0 Å². The Morgan fingerprint density at radius 1 is 0.943 bits per heavy atom. The fraction of sp³-hybridized carbons (Fsp3) is 0.485. The molecule has 2 heteroatoms. The monoisotopic (exact) mass is 469 g/mol. The number of fused-ring (bicyclic) bond motifs is 1. The fourth-order valence-corrected chi connectivity index (χ4v) is 6.07. The molecule has 1 aromatic rings. The Morgan fingerprint density at radius 2 is 1.71 bits per heavy atom. The second-order valence-electron chi connectivity index (χ2n) is 11.3. The molecule has 2 aliphatic heterocycles. The van der Waals surface area contributed by atoms with Gasteiger partial charge < -0.3 is 4.90 Å². The van der Waals surface area contributed by atoms with Crippen molar-refractivity contribution < 1.29 is 4.58 Å². The fourth-order valence-electron chi connectivity index (χ4n) is 6.07. The van der Waals surface area contributed by atoms with Crippen molar-refractivity contribution in [1.29, 1.82) is 0 Å². The van der Waals surface area contributed by atoms with Gasteiger partial charge in [0.05, 0.1) is 5.41 Å². The molecule has 0 amide bonds. The van der Waals surface area contributed by atoms with E-state index in [1.165, 1.54) is 66.9 Å². The second-order valence-corrected chi connectivity index (χ2v) is 11.3. The van der Waals surface area contributed by atoms with Gasteiger partial charge in [0, 0.05) is 47.5 Å². The highest BCUT2D eigenvalue weighted by Gasteiger charge is 2.45. The van der Waals surface area contributed by atoms with Crippen LogP contribution in [0.4, 0.5) is 5.69 Å². The summed E-state index contributed by atoms with van der Waals surface area (Å²) < 4.78 is 2.58. The molecule has 3 aliphatic rings. The third-order valence-electron chi connectivity index (χ3n) is 8.12. The van der Waals surface area contributed by atoms with Crippen LogP contribution in [0, 0.1) is 5.41 Å². The Morgan fingerprint density at radius 3 is 2.49 bits per heavy atom. The van der Waals surface area contributed by atoms with Gasteiger partial charge in [-0.05, 0) is 50.8 Å². The molecule has 35 heavy (non-hydrogen) atoms. The number of allylic oxidation sites excluding steroid dienone is 9. The number of benzene rings is 1. The number of hydrogen-bond acceptors (Lipinski definition) is 1. The molecule has 0 saturated heterocycles. The molecular weight excluding hydrogens is 424 g/mol. The van der Waals surface area contributed by atoms with E-state index in [4.69, 9.17) is 0 Å². The van der Waals surface area contributed by atoms with Gasteiger partial charge >= 0.3 is 0 Å². The molecule has 0 aromatic heterocycles. The molecule has 0 spiro atoms. The van der Waals surface area contributed by atoms with Crippen LogP contribution in [0.15, 0.2) is 83.8 Å². The highest BCUT2D eigenvalue weighted by molar-refractivity contribution is 5.99. The van der Waals surface area contributed by atoms with Crippen LogP contribution < -0.4 is 4.90 Å². The molecule has 0 radical (unpaired) electrons. The van der Waals surface area contributed by atoms with E-state index in [0.717, 1.165) is 13.1 Å². The molecule has 186 valence electrons. The third kappa shape index (κ3) is 4.77. The number of hydrogen-bond donors (Lipinski definition) is 0. The molecule has 0 fully saturated rings. The van der Waals surface area contributed by atoms with Crippen molar-refractivity contribution in [3.8, 4) is 0 Å². The largest absolute Gasteiger partial charge is 0.344 e. The third-order valence-corrected chi connectivity index (χ3v) is 8.12. The van der Waals surface area contributed by atoms with Crippen LogP contribution >= 0.6 is 0 Å². The summed E-state index contributed by atoms with van der Waals surface area (Å²) in [5, 5.41) is 0. The van der Waals surface area contributed by atoms with E-state index in [0.29, 0.717) is 0 Å². The first-order valence-corrected chi connectivity index (χ1v) is 13.8. The van der Waals surface area contributed by atoms with Gasteiger partial charge in [-0.3, -0.25) is 0 Å². The molecule has 2 heterocycles. The predicted molar refractivity (Wildman–Crippen MR) is 152 cm³/mol. The van der Waals surface area contributed by atoms with Crippen molar-refractivity contribution in [2.45, 2.75) is 85.5 Å². The van der Waals surface area contributed by atoms with E-state index in [1.807, 2.05) is 0 Å². The molecule has 0 atom stereocenters. The quantitative estimate of drug-likeness (QED) is 0.260. The standard InChI is InChI=1S/C33H45N2/c1-7-9-24-34-28-20-16-14-18-26(28)32(3,4)30(34)22-12-11-13-23-31-33(5,6)27-19-15-17-21-29(27)35(31)25-10-8-2/h11-14,16-18,20-23H,7-10,15,19,24-25H2,1-6H3/q+1. The van der Waals surface area contributed by atoms with Gasteiger partial charge in [0.1, 0.15) is 6.54 Å². The van der Waals surface area contributed by atoms with Gasteiger partial charge in [-0.2, -0.15) is 4.58 Å². The van der Waals surface area contributed by atoms with Gasteiger partial charge in [-0.15, -0.1) is 0 Å². The van der Waals surface area contributed by atoms with Crippen LogP contribution in [0.3, 0.4) is 0 Å². The van der Waals surface area contributed by atoms with E-state index in [1.54, 1.807) is 5.57 Å². The minimum absolute atomic E-state index is 0.0207. The lowest BCUT2D eigenvalue weighted by atomic mass is 9.77. The number of nitrogens with zero attached hydrogens (tertiary/aromatic N) is 2. The van der Waals surface area contributed by atoms with Gasteiger partial charge in [-0.25, -0.2) is 0 Å². The minimum Gasteiger partial charge on any atom is -0.344 e. The lowest BCUT2D eigenvalue weighted by molar-refractivity contribution is -0.470. The zero-order valence-corrected chi connectivity index (χ0v) is 22.9.